The SMILES string of the molecule is CC1CC=Cc2[nH]c3ccc(-c4cc(-n5c6ccccc6c6ccccc65)cc(-n5c6ccccc6c6ccccc65)c4)cc3c21. The molecule has 3 heterocycles. The van der Waals surface area contributed by atoms with Crippen LogP contribution in [0.15, 0.2) is 140 Å². The quantitative estimate of drug-likeness (QED) is 0.212. The summed E-state index contributed by atoms with van der Waals surface area (Å²) in [5, 5.41) is 6.40. The number of nitrogens with one attached hydrogen (secondary N) is 1. The van der Waals surface area contributed by atoms with Crippen molar-refractivity contribution >= 4 is 60.6 Å². The Bertz CT molecular complexity index is 2450. The first-order chi connectivity index (χ1) is 22.7. The van der Waals surface area contributed by atoms with E-state index in [2.05, 4.69) is 167 Å². The van der Waals surface area contributed by atoms with Crippen molar-refractivity contribution in [2.45, 2.75) is 19.3 Å². The number of aromatic nitrogens is 3. The Labute approximate surface area is 266 Å². The van der Waals surface area contributed by atoms with Gasteiger partial charge in [-0.25, -0.2) is 0 Å². The Morgan fingerprint density at radius 3 is 1.54 bits per heavy atom. The van der Waals surface area contributed by atoms with Gasteiger partial charge in [0.15, 0.2) is 0 Å². The van der Waals surface area contributed by atoms with Crippen molar-refractivity contribution in [1.82, 2.24) is 14.1 Å². The number of para-hydroxylation sites is 4. The molecule has 0 radical (unpaired) electrons. The largest absolute Gasteiger partial charge is 0.355 e. The third-order valence-electron chi connectivity index (χ3n) is 10.0. The first kappa shape index (κ1) is 25.5. The first-order valence-electron chi connectivity index (χ1n) is 16.2. The molecule has 3 nitrogen and oxygen atoms in total. The molecule has 10 rings (SSSR count). The second kappa shape index (κ2) is 9.60. The van der Waals surface area contributed by atoms with Crippen molar-refractivity contribution in [3.8, 4) is 22.5 Å². The lowest BCUT2D eigenvalue weighted by atomic mass is 9.90. The van der Waals surface area contributed by atoms with Crippen LogP contribution in [0, 0.1) is 0 Å². The summed E-state index contributed by atoms with van der Waals surface area (Å²) in [6.07, 6.45) is 5.61. The van der Waals surface area contributed by atoms with Crippen LogP contribution >= 0.6 is 0 Å². The van der Waals surface area contributed by atoms with E-state index in [0.29, 0.717) is 5.92 Å². The number of H-pyrrole nitrogens is 1. The van der Waals surface area contributed by atoms with Crippen LogP contribution in [0.2, 0.25) is 0 Å². The monoisotopic (exact) mass is 589 g/mol. The molecule has 46 heavy (non-hydrogen) atoms. The zero-order valence-corrected chi connectivity index (χ0v) is 25.5. The smallest absolute Gasteiger partial charge is 0.0541 e. The maximum atomic E-state index is 3.68. The Kier molecular flexibility index (Phi) is 5.32. The van der Waals surface area contributed by atoms with E-state index in [9.17, 15) is 0 Å². The fraction of sp³-hybridized carbons (Fsp3) is 0.0698. The zero-order valence-electron chi connectivity index (χ0n) is 25.5. The lowest BCUT2D eigenvalue weighted by Crippen LogP contribution is -2.00. The highest BCUT2D eigenvalue weighted by molar-refractivity contribution is 6.10. The molecule has 6 aromatic carbocycles. The van der Waals surface area contributed by atoms with Gasteiger partial charge >= 0.3 is 0 Å². The van der Waals surface area contributed by atoms with Gasteiger partial charge in [0.2, 0.25) is 0 Å². The lowest BCUT2D eigenvalue weighted by Gasteiger charge is -2.16. The molecular weight excluding hydrogens is 558 g/mol. The summed E-state index contributed by atoms with van der Waals surface area (Å²) in [6.45, 7) is 2.34. The van der Waals surface area contributed by atoms with E-state index in [0.717, 1.165) is 17.8 Å². The average Bonchev–Trinajstić information content (AvgIpc) is 3.76. The van der Waals surface area contributed by atoms with Gasteiger partial charge in [-0.05, 0) is 89.7 Å². The van der Waals surface area contributed by atoms with Crippen molar-refractivity contribution < 1.29 is 0 Å². The molecule has 1 aliphatic carbocycles. The molecule has 1 N–H and O–H groups in total. The van der Waals surface area contributed by atoms with Gasteiger partial charge in [0.25, 0.3) is 0 Å². The van der Waals surface area contributed by atoms with Gasteiger partial charge in [-0.1, -0.05) is 91.9 Å². The first-order valence-corrected chi connectivity index (χ1v) is 16.2. The normalized spacial score (nSPS) is 14.7. The van der Waals surface area contributed by atoms with Crippen LogP contribution in [0.5, 0.6) is 0 Å². The van der Waals surface area contributed by atoms with E-state index in [4.69, 9.17) is 0 Å². The molecule has 3 aromatic heterocycles. The van der Waals surface area contributed by atoms with Crippen LogP contribution in [-0.2, 0) is 0 Å². The highest BCUT2D eigenvalue weighted by Gasteiger charge is 2.20. The molecule has 0 bridgehead atoms. The molecule has 1 atom stereocenters. The molecule has 0 fully saturated rings. The fourth-order valence-corrected chi connectivity index (χ4v) is 8.00. The van der Waals surface area contributed by atoms with Crippen LogP contribution in [0.1, 0.15) is 30.5 Å². The third-order valence-corrected chi connectivity index (χ3v) is 10.0. The molecule has 0 saturated heterocycles. The number of allylic oxidation sites excluding steroid dienone is 1. The van der Waals surface area contributed by atoms with E-state index in [-0.39, 0.29) is 0 Å². The molecule has 0 aliphatic heterocycles. The van der Waals surface area contributed by atoms with E-state index in [1.54, 1.807) is 0 Å². The second-order valence-corrected chi connectivity index (χ2v) is 12.7. The maximum Gasteiger partial charge on any atom is 0.0541 e. The molecular formula is C43H31N3. The van der Waals surface area contributed by atoms with Gasteiger partial charge in [-0.3, -0.25) is 0 Å². The Hall–Kier alpha value is -5.80. The number of hydrogen-bond acceptors (Lipinski definition) is 0. The van der Waals surface area contributed by atoms with E-state index in [1.165, 1.54) is 76.9 Å². The Morgan fingerprint density at radius 1 is 0.522 bits per heavy atom. The van der Waals surface area contributed by atoms with Crippen molar-refractivity contribution in [3.05, 3.63) is 151 Å². The van der Waals surface area contributed by atoms with Crippen molar-refractivity contribution in [2.75, 3.05) is 0 Å². The highest BCUT2D eigenvalue weighted by Crippen LogP contribution is 2.40. The molecule has 9 aromatic rings. The van der Waals surface area contributed by atoms with E-state index in [1.807, 2.05) is 0 Å². The van der Waals surface area contributed by atoms with Gasteiger partial charge in [-0.2, -0.15) is 0 Å². The van der Waals surface area contributed by atoms with Crippen LogP contribution in [-0.4, -0.2) is 14.1 Å². The molecule has 0 spiro atoms. The van der Waals surface area contributed by atoms with E-state index >= 15 is 0 Å². The molecule has 0 saturated carbocycles. The van der Waals surface area contributed by atoms with E-state index < -0.39 is 0 Å². The molecule has 218 valence electrons. The third kappa shape index (κ3) is 3.60. The Balaban J connectivity index is 1.31. The average molecular weight is 590 g/mol. The summed E-state index contributed by atoms with van der Waals surface area (Å²) in [5.41, 5.74) is 13.5. The summed E-state index contributed by atoms with van der Waals surface area (Å²) in [6, 6.07) is 49.2. The standard InChI is InChI=1S/C43H31N3/c1-27-11-10-16-38-43(27)36-25-28(21-22-37(36)44-38)29-23-30(45-39-17-6-2-12-32(39)33-13-3-7-18-40(33)45)26-31(24-29)46-41-19-8-4-14-34(41)35-15-5-9-20-42(35)46/h2-10,12-27,44H,11H2,1H3. The fourth-order valence-electron chi connectivity index (χ4n) is 8.00. The van der Waals surface area contributed by atoms with Gasteiger partial charge in [-0.15, -0.1) is 0 Å². The number of hydrogen-bond donors (Lipinski definition) is 1. The van der Waals surface area contributed by atoms with Crippen LogP contribution in [0.4, 0.5) is 0 Å². The number of rotatable bonds is 3. The summed E-state index contributed by atoms with van der Waals surface area (Å²) in [4.78, 5) is 3.68. The summed E-state index contributed by atoms with van der Waals surface area (Å²) < 4.78 is 4.88. The number of aromatic amines is 1. The maximum absolute atomic E-state index is 3.68. The predicted octanol–water partition coefficient (Wildman–Crippen LogP) is 11.5. The molecule has 1 aliphatic rings. The minimum Gasteiger partial charge on any atom is -0.355 e. The Morgan fingerprint density at radius 2 is 1.02 bits per heavy atom. The van der Waals surface area contributed by atoms with Crippen LogP contribution < -0.4 is 0 Å². The van der Waals surface area contributed by atoms with Crippen molar-refractivity contribution in [1.29, 1.82) is 0 Å². The zero-order chi connectivity index (χ0) is 30.4. The molecule has 3 heteroatoms. The van der Waals surface area contributed by atoms with Crippen molar-refractivity contribution in [2.24, 2.45) is 0 Å². The minimum atomic E-state index is 0.487. The van der Waals surface area contributed by atoms with Crippen LogP contribution in [0.25, 0.3) is 83.1 Å². The minimum absolute atomic E-state index is 0.487. The lowest BCUT2D eigenvalue weighted by molar-refractivity contribution is 0.778. The van der Waals surface area contributed by atoms with Gasteiger partial charge in [0, 0.05) is 49.5 Å². The van der Waals surface area contributed by atoms with Gasteiger partial charge in [0.05, 0.1) is 22.1 Å². The molecule has 0 amide bonds. The predicted molar refractivity (Wildman–Crippen MR) is 194 cm³/mol. The number of benzene rings is 6. The highest BCUT2D eigenvalue weighted by atomic mass is 15.0. The van der Waals surface area contributed by atoms with Crippen molar-refractivity contribution in [3.63, 3.8) is 0 Å². The summed E-state index contributed by atoms with van der Waals surface area (Å²) >= 11 is 0. The summed E-state index contributed by atoms with van der Waals surface area (Å²) in [5.74, 6) is 0.487. The van der Waals surface area contributed by atoms with Gasteiger partial charge in [0.1, 0.15) is 0 Å². The summed E-state index contributed by atoms with van der Waals surface area (Å²) in [7, 11) is 0. The van der Waals surface area contributed by atoms with Gasteiger partial charge < -0.3 is 14.1 Å². The topological polar surface area (TPSA) is 25.6 Å². The number of nitrogens with zero attached hydrogens (tertiary/aromatic N) is 2. The molecule has 1 unspecified atom stereocenters. The van der Waals surface area contributed by atoms with Crippen LogP contribution in [0.3, 0.4) is 0 Å². The number of fused-ring (bicyclic) bond motifs is 9. The second-order valence-electron chi connectivity index (χ2n) is 12.7.